The number of esters is 1. The van der Waals surface area contributed by atoms with Gasteiger partial charge in [-0.1, -0.05) is 0 Å². The van der Waals surface area contributed by atoms with Crippen molar-refractivity contribution >= 4 is 11.9 Å². The highest BCUT2D eigenvalue weighted by atomic mass is 16.5. The molecule has 3 N–H and O–H groups in total. The van der Waals surface area contributed by atoms with Gasteiger partial charge < -0.3 is 15.8 Å². The van der Waals surface area contributed by atoms with Crippen molar-refractivity contribution < 1.29 is 14.3 Å². The first-order valence-electron chi connectivity index (χ1n) is 4.19. The lowest BCUT2D eigenvalue weighted by Crippen LogP contribution is -2.39. The summed E-state index contributed by atoms with van der Waals surface area (Å²) in [4.78, 5) is 21.9. The normalized spacial score (nSPS) is 11.9. The number of nitrogens with one attached hydrogen (secondary N) is 1. The van der Waals surface area contributed by atoms with E-state index in [1.807, 2.05) is 0 Å². The lowest BCUT2D eigenvalue weighted by atomic mass is 10.2. The molecule has 0 aromatic rings. The fourth-order valence-corrected chi connectivity index (χ4v) is 0.812. The smallest absolute Gasteiger partial charge is 0.328 e. The molecule has 0 unspecified atom stereocenters. The lowest BCUT2D eigenvalue weighted by molar-refractivity contribution is -0.144. The van der Waals surface area contributed by atoms with E-state index in [1.54, 1.807) is 6.92 Å². The van der Waals surface area contributed by atoms with Gasteiger partial charge in [0.05, 0.1) is 7.11 Å². The molecule has 13 heavy (non-hydrogen) atoms. The van der Waals surface area contributed by atoms with Crippen LogP contribution < -0.4 is 11.1 Å². The minimum Gasteiger partial charge on any atom is -0.467 e. The van der Waals surface area contributed by atoms with E-state index < -0.39 is 12.0 Å². The van der Waals surface area contributed by atoms with Gasteiger partial charge in [0.25, 0.3) is 0 Å². The van der Waals surface area contributed by atoms with Crippen molar-refractivity contribution in [2.75, 3.05) is 13.7 Å². The molecule has 1 amide bonds. The first-order chi connectivity index (χ1) is 6.11. The van der Waals surface area contributed by atoms with Crippen LogP contribution in [0.2, 0.25) is 0 Å². The Hall–Kier alpha value is -1.10. The standard InChI is InChI=1S/C8H16N2O3/c1-6(8(12)13-2)10-7(11)4-3-5-9/h6H,3-5,9H2,1-2H3,(H,10,11)/t6-/m0/s1. The topological polar surface area (TPSA) is 81.4 Å². The van der Waals surface area contributed by atoms with E-state index in [1.165, 1.54) is 7.11 Å². The Bertz CT molecular complexity index is 182. The van der Waals surface area contributed by atoms with E-state index in [-0.39, 0.29) is 5.91 Å². The fraction of sp³-hybridized carbons (Fsp3) is 0.750. The predicted molar refractivity (Wildman–Crippen MR) is 47.9 cm³/mol. The number of rotatable bonds is 5. The molecule has 0 saturated carbocycles. The van der Waals surface area contributed by atoms with Gasteiger partial charge in [0.1, 0.15) is 6.04 Å². The number of ether oxygens (including phenoxy) is 1. The zero-order chi connectivity index (χ0) is 10.3. The lowest BCUT2D eigenvalue weighted by Gasteiger charge is -2.10. The van der Waals surface area contributed by atoms with Crippen molar-refractivity contribution in [2.24, 2.45) is 5.73 Å². The van der Waals surface area contributed by atoms with E-state index >= 15 is 0 Å². The van der Waals surface area contributed by atoms with E-state index in [4.69, 9.17) is 5.73 Å². The first kappa shape index (κ1) is 11.9. The summed E-state index contributed by atoms with van der Waals surface area (Å²) in [5, 5.41) is 2.50. The van der Waals surface area contributed by atoms with Crippen LogP contribution in [0.25, 0.3) is 0 Å². The Kier molecular flexibility index (Phi) is 5.88. The number of carbonyl (C=O) groups is 2. The molecular weight excluding hydrogens is 172 g/mol. The van der Waals surface area contributed by atoms with Gasteiger partial charge in [-0.15, -0.1) is 0 Å². The van der Waals surface area contributed by atoms with Gasteiger partial charge in [0, 0.05) is 6.42 Å². The van der Waals surface area contributed by atoms with E-state index in [9.17, 15) is 9.59 Å². The maximum atomic E-state index is 11.1. The Morgan fingerprint density at radius 3 is 2.62 bits per heavy atom. The number of methoxy groups -OCH3 is 1. The molecule has 0 radical (unpaired) electrons. The molecule has 0 spiro atoms. The second-order valence-electron chi connectivity index (χ2n) is 2.70. The van der Waals surface area contributed by atoms with Crippen LogP contribution in [0.3, 0.4) is 0 Å². The third-order valence-electron chi connectivity index (χ3n) is 1.54. The summed E-state index contributed by atoms with van der Waals surface area (Å²) < 4.78 is 4.44. The Morgan fingerprint density at radius 2 is 2.15 bits per heavy atom. The van der Waals surface area contributed by atoms with Gasteiger partial charge >= 0.3 is 5.97 Å². The third kappa shape index (κ3) is 5.19. The molecular formula is C8H16N2O3. The average molecular weight is 188 g/mol. The van der Waals surface area contributed by atoms with Crippen LogP contribution in [0.1, 0.15) is 19.8 Å². The monoisotopic (exact) mass is 188 g/mol. The number of carbonyl (C=O) groups excluding carboxylic acids is 2. The van der Waals surface area contributed by atoms with Crippen molar-refractivity contribution in [1.29, 1.82) is 0 Å². The maximum Gasteiger partial charge on any atom is 0.328 e. The summed E-state index contributed by atoms with van der Waals surface area (Å²) in [6, 6.07) is -0.588. The SMILES string of the molecule is COC(=O)[C@H](C)NC(=O)CCCN. The van der Waals surface area contributed by atoms with Crippen LogP contribution in [-0.2, 0) is 14.3 Å². The van der Waals surface area contributed by atoms with Gasteiger partial charge in [0.15, 0.2) is 0 Å². The highest BCUT2D eigenvalue weighted by Crippen LogP contribution is 1.90. The van der Waals surface area contributed by atoms with Crippen LogP contribution in [0.5, 0.6) is 0 Å². The molecule has 5 heteroatoms. The highest BCUT2D eigenvalue weighted by Gasteiger charge is 2.14. The van der Waals surface area contributed by atoms with E-state index in [0.29, 0.717) is 19.4 Å². The molecule has 0 rings (SSSR count). The summed E-state index contributed by atoms with van der Waals surface area (Å²) in [6.07, 6.45) is 0.970. The van der Waals surface area contributed by atoms with E-state index in [0.717, 1.165) is 0 Å². The quantitative estimate of drug-likeness (QED) is 0.565. The summed E-state index contributed by atoms with van der Waals surface area (Å²) in [7, 11) is 1.28. The molecule has 0 bridgehead atoms. The maximum absolute atomic E-state index is 11.1. The summed E-state index contributed by atoms with van der Waals surface area (Å²) >= 11 is 0. The summed E-state index contributed by atoms with van der Waals surface area (Å²) in [5.41, 5.74) is 5.22. The number of nitrogens with two attached hydrogens (primary N) is 1. The molecule has 0 aromatic heterocycles. The first-order valence-corrected chi connectivity index (χ1v) is 4.19. The number of hydrogen-bond acceptors (Lipinski definition) is 4. The second-order valence-corrected chi connectivity index (χ2v) is 2.70. The largest absolute Gasteiger partial charge is 0.467 e. The molecule has 0 aliphatic carbocycles. The number of amides is 1. The van der Waals surface area contributed by atoms with Crippen LogP contribution >= 0.6 is 0 Å². The Labute approximate surface area is 77.6 Å². The van der Waals surface area contributed by atoms with Crippen molar-refractivity contribution in [2.45, 2.75) is 25.8 Å². The summed E-state index contributed by atoms with van der Waals surface area (Å²) in [5.74, 6) is -0.621. The van der Waals surface area contributed by atoms with Crippen LogP contribution in [0.15, 0.2) is 0 Å². The van der Waals surface area contributed by atoms with Crippen molar-refractivity contribution in [1.82, 2.24) is 5.32 Å². The van der Waals surface area contributed by atoms with Gasteiger partial charge in [-0.2, -0.15) is 0 Å². The van der Waals surface area contributed by atoms with Crippen molar-refractivity contribution in [3.05, 3.63) is 0 Å². The zero-order valence-corrected chi connectivity index (χ0v) is 8.00. The van der Waals surface area contributed by atoms with Crippen LogP contribution in [-0.4, -0.2) is 31.6 Å². The average Bonchev–Trinajstić information content (AvgIpc) is 2.13. The minimum atomic E-state index is -0.588. The molecule has 0 aliphatic heterocycles. The van der Waals surface area contributed by atoms with Crippen molar-refractivity contribution in [3.8, 4) is 0 Å². The Morgan fingerprint density at radius 1 is 1.54 bits per heavy atom. The zero-order valence-electron chi connectivity index (χ0n) is 8.00. The summed E-state index contributed by atoms with van der Waals surface area (Å²) in [6.45, 7) is 2.05. The van der Waals surface area contributed by atoms with Crippen LogP contribution in [0.4, 0.5) is 0 Å². The molecule has 1 atom stereocenters. The predicted octanol–water partition coefficient (Wildman–Crippen LogP) is -0.597. The molecule has 0 heterocycles. The van der Waals surface area contributed by atoms with Gasteiger partial charge in [-0.05, 0) is 19.9 Å². The van der Waals surface area contributed by atoms with Gasteiger partial charge in [-0.3, -0.25) is 4.79 Å². The molecule has 0 aromatic carbocycles. The Balaban J connectivity index is 3.71. The highest BCUT2D eigenvalue weighted by molar-refractivity contribution is 5.83. The van der Waals surface area contributed by atoms with Gasteiger partial charge in [0.2, 0.25) is 5.91 Å². The fourth-order valence-electron chi connectivity index (χ4n) is 0.812. The molecule has 76 valence electrons. The second kappa shape index (κ2) is 6.42. The molecule has 0 fully saturated rings. The number of hydrogen-bond donors (Lipinski definition) is 2. The molecule has 0 saturated heterocycles. The van der Waals surface area contributed by atoms with Gasteiger partial charge in [-0.25, -0.2) is 4.79 Å². The van der Waals surface area contributed by atoms with Crippen molar-refractivity contribution in [3.63, 3.8) is 0 Å². The van der Waals surface area contributed by atoms with Crippen LogP contribution in [0, 0.1) is 0 Å². The minimum absolute atomic E-state index is 0.177. The third-order valence-corrected chi connectivity index (χ3v) is 1.54. The molecule has 0 aliphatic rings. The van der Waals surface area contributed by atoms with E-state index in [2.05, 4.69) is 10.1 Å². The molecule has 5 nitrogen and oxygen atoms in total.